The van der Waals surface area contributed by atoms with Crippen molar-refractivity contribution in [3.8, 4) is 17.3 Å². The summed E-state index contributed by atoms with van der Waals surface area (Å²) in [6.07, 6.45) is 3.22. The number of hydrogen-bond donors (Lipinski definition) is 0. The Labute approximate surface area is 157 Å². The molecular formula is C20H20N4O3. The lowest BCUT2D eigenvalue weighted by Gasteiger charge is -2.21. The topological polar surface area (TPSA) is 81.4 Å². The number of hydrogen-bond acceptors (Lipinski definition) is 6. The Morgan fingerprint density at radius 3 is 2.74 bits per heavy atom. The van der Waals surface area contributed by atoms with Gasteiger partial charge in [-0.1, -0.05) is 35.0 Å². The van der Waals surface area contributed by atoms with Crippen molar-refractivity contribution in [3.63, 3.8) is 0 Å². The molecule has 1 amide bonds. The molecule has 0 bridgehead atoms. The molecule has 27 heavy (non-hydrogen) atoms. The van der Waals surface area contributed by atoms with Crippen LogP contribution in [0.4, 0.5) is 0 Å². The first kappa shape index (κ1) is 17.2. The Balaban J connectivity index is 1.56. The van der Waals surface area contributed by atoms with Gasteiger partial charge in [0.1, 0.15) is 6.04 Å². The molecular weight excluding hydrogens is 344 g/mol. The van der Waals surface area contributed by atoms with E-state index in [1.54, 1.807) is 24.1 Å². The molecule has 1 atom stereocenters. The fraction of sp³-hybridized carbons (Fsp3) is 0.300. The highest BCUT2D eigenvalue weighted by Crippen LogP contribution is 2.33. The van der Waals surface area contributed by atoms with Crippen LogP contribution in [0.2, 0.25) is 0 Å². The summed E-state index contributed by atoms with van der Waals surface area (Å²) in [5.74, 6) is 1.39. The average Bonchev–Trinajstić information content (AvgIpc) is 3.37. The van der Waals surface area contributed by atoms with Crippen LogP contribution in [0, 0.1) is 6.92 Å². The van der Waals surface area contributed by atoms with Crippen molar-refractivity contribution < 1.29 is 14.1 Å². The summed E-state index contributed by atoms with van der Waals surface area (Å²) in [5, 5.41) is 4.10. The molecule has 0 aliphatic carbocycles. The van der Waals surface area contributed by atoms with Gasteiger partial charge >= 0.3 is 0 Å². The van der Waals surface area contributed by atoms with Crippen molar-refractivity contribution >= 4 is 5.91 Å². The number of ether oxygens (including phenoxy) is 1. The standard InChI is InChI=1S/C20H20N4O3/c1-13-5-7-14(8-6-13)18-22-19(27-23-18)16-4-3-11-24(16)20(25)15-9-10-17(26-2)21-12-15/h5-10,12,16H,3-4,11H2,1-2H3/t16-/m0/s1. The lowest BCUT2D eigenvalue weighted by molar-refractivity contribution is 0.0709. The maximum atomic E-state index is 12.9. The number of methoxy groups -OCH3 is 1. The molecule has 1 aliphatic heterocycles. The number of amides is 1. The second-order valence-corrected chi connectivity index (χ2v) is 6.57. The molecule has 1 aliphatic rings. The minimum absolute atomic E-state index is 0.0947. The van der Waals surface area contributed by atoms with Crippen LogP contribution in [0.1, 0.15) is 40.7 Å². The summed E-state index contributed by atoms with van der Waals surface area (Å²) < 4.78 is 10.5. The summed E-state index contributed by atoms with van der Waals surface area (Å²) in [4.78, 5) is 23.3. The Morgan fingerprint density at radius 2 is 2.04 bits per heavy atom. The zero-order valence-electron chi connectivity index (χ0n) is 15.3. The van der Waals surface area contributed by atoms with E-state index in [2.05, 4.69) is 15.1 Å². The average molecular weight is 364 g/mol. The third kappa shape index (κ3) is 3.40. The highest BCUT2D eigenvalue weighted by molar-refractivity contribution is 5.94. The van der Waals surface area contributed by atoms with Gasteiger partial charge in [-0.05, 0) is 25.8 Å². The predicted octanol–water partition coefficient (Wildman–Crippen LogP) is 3.43. The maximum Gasteiger partial charge on any atom is 0.256 e. The molecule has 0 radical (unpaired) electrons. The molecule has 0 saturated carbocycles. The van der Waals surface area contributed by atoms with E-state index in [0.717, 1.165) is 18.4 Å². The van der Waals surface area contributed by atoms with Crippen LogP contribution in [0.3, 0.4) is 0 Å². The van der Waals surface area contributed by atoms with Crippen LogP contribution in [-0.2, 0) is 0 Å². The minimum Gasteiger partial charge on any atom is -0.481 e. The van der Waals surface area contributed by atoms with E-state index < -0.39 is 0 Å². The molecule has 3 aromatic rings. The van der Waals surface area contributed by atoms with Gasteiger partial charge in [0.15, 0.2) is 0 Å². The number of carbonyl (C=O) groups is 1. The van der Waals surface area contributed by atoms with Crippen molar-refractivity contribution in [3.05, 3.63) is 59.6 Å². The quantitative estimate of drug-likeness (QED) is 0.705. The van der Waals surface area contributed by atoms with Crippen LogP contribution in [-0.4, -0.2) is 39.6 Å². The van der Waals surface area contributed by atoms with Gasteiger partial charge in [-0.2, -0.15) is 4.98 Å². The molecule has 4 rings (SSSR count). The van der Waals surface area contributed by atoms with Gasteiger partial charge in [0, 0.05) is 24.4 Å². The van der Waals surface area contributed by atoms with E-state index >= 15 is 0 Å². The lowest BCUT2D eigenvalue weighted by atomic mass is 10.1. The minimum atomic E-state index is -0.216. The van der Waals surface area contributed by atoms with E-state index in [1.807, 2.05) is 31.2 Å². The largest absolute Gasteiger partial charge is 0.481 e. The second kappa shape index (κ2) is 7.19. The highest BCUT2D eigenvalue weighted by atomic mass is 16.5. The van der Waals surface area contributed by atoms with Gasteiger partial charge in [0.2, 0.25) is 17.6 Å². The molecule has 1 fully saturated rings. The zero-order valence-corrected chi connectivity index (χ0v) is 15.3. The van der Waals surface area contributed by atoms with Crippen LogP contribution in [0.5, 0.6) is 5.88 Å². The first-order chi connectivity index (χ1) is 13.2. The monoisotopic (exact) mass is 364 g/mol. The summed E-state index contributed by atoms with van der Waals surface area (Å²) in [6, 6.07) is 11.1. The van der Waals surface area contributed by atoms with Gasteiger partial charge in [0.05, 0.1) is 12.7 Å². The van der Waals surface area contributed by atoms with Crippen molar-refractivity contribution in [2.24, 2.45) is 0 Å². The summed E-state index contributed by atoms with van der Waals surface area (Å²) in [6.45, 7) is 2.68. The van der Waals surface area contributed by atoms with E-state index in [1.165, 1.54) is 11.8 Å². The number of likely N-dealkylation sites (tertiary alicyclic amines) is 1. The summed E-state index contributed by atoms with van der Waals surface area (Å²) >= 11 is 0. The number of carbonyl (C=O) groups excluding carboxylic acids is 1. The fourth-order valence-corrected chi connectivity index (χ4v) is 3.25. The van der Waals surface area contributed by atoms with Gasteiger partial charge in [-0.15, -0.1) is 0 Å². The van der Waals surface area contributed by atoms with Crippen LogP contribution >= 0.6 is 0 Å². The predicted molar refractivity (Wildman–Crippen MR) is 98.3 cm³/mol. The van der Waals surface area contributed by atoms with Crippen LogP contribution < -0.4 is 4.74 Å². The van der Waals surface area contributed by atoms with Crippen LogP contribution in [0.15, 0.2) is 47.1 Å². The number of nitrogens with zero attached hydrogens (tertiary/aromatic N) is 4. The molecule has 2 aromatic heterocycles. The normalized spacial score (nSPS) is 16.5. The molecule has 1 saturated heterocycles. The van der Waals surface area contributed by atoms with E-state index in [0.29, 0.717) is 29.7 Å². The van der Waals surface area contributed by atoms with Crippen molar-refractivity contribution in [2.75, 3.05) is 13.7 Å². The van der Waals surface area contributed by atoms with Gasteiger partial charge in [0.25, 0.3) is 5.91 Å². The summed E-state index contributed by atoms with van der Waals surface area (Å²) in [5.41, 5.74) is 2.58. The number of aromatic nitrogens is 3. The Bertz CT molecular complexity index is 935. The molecule has 0 spiro atoms. The van der Waals surface area contributed by atoms with Gasteiger partial charge < -0.3 is 14.2 Å². The SMILES string of the molecule is COc1ccc(C(=O)N2CCC[C@H]2c2nc(-c3ccc(C)cc3)no2)cn1. The van der Waals surface area contributed by atoms with Crippen molar-refractivity contribution in [2.45, 2.75) is 25.8 Å². The third-order valence-electron chi connectivity index (χ3n) is 4.74. The summed E-state index contributed by atoms with van der Waals surface area (Å²) in [7, 11) is 1.54. The Kier molecular flexibility index (Phi) is 4.58. The number of benzene rings is 1. The molecule has 0 N–H and O–H groups in total. The van der Waals surface area contributed by atoms with E-state index in [9.17, 15) is 4.79 Å². The Morgan fingerprint density at radius 1 is 1.22 bits per heavy atom. The number of aryl methyl sites for hydroxylation is 1. The van der Waals surface area contributed by atoms with E-state index in [4.69, 9.17) is 9.26 Å². The number of pyridine rings is 1. The number of rotatable bonds is 4. The zero-order chi connectivity index (χ0) is 18.8. The van der Waals surface area contributed by atoms with Crippen molar-refractivity contribution in [1.29, 1.82) is 0 Å². The van der Waals surface area contributed by atoms with Crippen molar-refractivity contribution in [1.82, 2.24) is 20.0 Å². The molecule has 7 heteroatoms. The second-order valence-electron chi connectivity index (χ2n) is 6.57. The smallest absolute Gasteiger partial charge is 0.256 e. The highest BCUT2D eigenvalue weighted by Gasteiger charge is 2.34. The molecule has 138 valence electrons. The first-order valence-electron chi connectivity index (χ1n) is 8.87. The first-order valence-corrected chi connectivity index (χ1v) is 8.87. The van der Waals surface area contributed by atoms with Gasteiger partial charge in [-0.25, -0.2) is 4.98 Å². The third-order valence-corrected chi connectivity index (χ3v) is 4.74. The Hall–Kier alpha value is -3.22. The molecule has 1 aromatic carbocycles. The molecule has 0 unspecified atom stereocenters. The maximum absolute atomic E-state index is 12.9. The van der Waals surface area contributed by atoms with Crippen LogP contribution in [0.25, 0.3) is 11.4 Å². The van der Waals surface area contributed by atoms with E-state index in [-0.39, 0.29) is 11.9 Å². The molecule has 3 heterocycles. The lowest BCUT2D eigenvalue weighted by Crippen LogP contribution is -2.30. The van der Waals surface area contributed by atoms with Gasteiger partial charge in [-0.3, -0.25) is 4.79 Å². The molecule has 7 nitrogen and oxygen atoms in total. The fourth-order valence-electron chi connectivity index (χ4n) is 3.25.